The Labute approximate surface area is 373 Å². The first-order chi connectivity index (χ1) is 29.4. The van der Waals surface area contributed by atoms with Crippen LogP contribution in [0.4, 0.5) is 8.78 Å². The molecule has 0 bridgehead atoms. The van der Waals surface area contributed by atoms with Crippen LogP contribution in [0.3, 0.4) is 0 Å². The number of esters is 1. The molecule has 332 valence electrons. The molecule has 1 fully saturated rings. The van der Waals surface area contributed by atoms with E-state index in [0.29, 0.717) is 60.4 Å². The van der Waals surface area contributed by atoms with Crippen molar-refractivity contribution < 1.29 is 32.6 Å². The number of carbonyl (C=O) groups is 1. The largest absolute Gasteiger partial charge is 0.507 e. The average Bonchev–Trinajstić information content (AvgIpc) is 3.85. The van der Waals surface area contributed by atoms with Crippen LogP contribution >= 0.6 is 23.4 Å². The smallest absolute Gasteiger partial charge is 0.354 e. The van der Waals surface area contributed by atoms with Crippen LogP contribution in [-0.4, -0.2) is 63.8 Å². The van der Waals surface area contributed by atoms with Gasteiger partial charge in [0.25, 0.3) is 0 Å². The van der Waals surface area contributed by atoms with Gasteiger partial charge in [0.05, 0.1) is 18.5 Å². The number of aryl methyl sites for hydroxylation is 5. The second kappa shape index (κ2) is 18.5. The maximum absolute atomic E-state index is 14.6. The molecule has 1 aliphatic rings. The molecule has 1 N–H and O–H groups in total. The summed E-state index contributed by atoms with van der Waals surface area (Å²) in [5, 5.41) is 22.5. The summed E-state index contributed by atoms with van der Waals surface area (Å²) in [5.41, 5.74) is 8.33. The van der Waals surface area contributed by atoms with E-state index in [1.165, 1.54) is 13.2 Å². The number of fused-ring (bicyclic) bond motifs is 2. The Bertz CT molecular complexity index is 2630. The molecule has 1 aliphatic heterocycles. The fraction of sp³-hybridized carbons (Fsp3) is 0.468. The van der Waals surface area contributed by atoms with Crippen LogP contribution in [0.5, 0.6) is 5.75 Å². The molecule has 0 saturated carbocycles. The second-order valence-electron chi connectivity index (χ2n) is 17.9. The molecule has 62 heavy (non-hydrogen) atoms. The number of aromatic hydroxyl groups is 1. The summed E-state index contributed by atoms with van der Waals surface area (Å²) < 4.78 is 52.7. The van der Waals surface area contributed by atoms with Crippen molar-refractivity contribution in [2.45, 2.75) is 116 Å². The number of hydrogen-bond acceptors (Lipinski definition) is 8. The van der Waals surface area contributed by atoms with Gasteiger partial charge in [0.1, 0.15) is 17.7 Å². The lowest BCUT2D eigenvalue weighted by Crippen LogP contribution is -2.41. The molecule has 0 aliphatic carbocycles. The number of ether oxygens (including phenoxy) is 2. The van der Waals surface area contributed by atoms with E-state index in [1.807, 2.05) is 35.5 Å². The summed E-state index contributed by atoms with van der Waals surface area (Å²) in [6.07, 6.45) is 4.52. The molecule has 0 spiro atoms. The van der Waals surface area contributed by atoms with E-state index in [0.717, 1.165) is 82.1 Å². The number of rotatable bonds is 15. The molecule has 1 unspecified atom stereocenters. The molecular weight excluding hydrogens is 848 g/mol. The SMILES string of the molecule is COC(=O)c1c(C)c2c(-c3c(CSCc4cc(CCc5cc(O)c6ccc(F)c(F)c6c5)n(C)n4)nn(C4CCCCO4)c3C)c(Cl)ccc2n1CCCO[Si](C)(C)C(C)(C)C. The van der Waals surface area contributed by atoms with Gasteiger partial charge < -0.3 is 23.6 Å². The van der Waals surface area contributed by atoms with Crippen LogP contribution in [0.2, 0.25) is 23.2 Å². The summed E-state index contributed by atoms with van der Waals surface area (Å²) in [6, 6.07) is 11.6. The number of phenols is 1. The van der Waals surface area contributed by atoms with Gasteiger partial charge in [-0.25, -0.2) is 18.3 Å². The monoisotopic (exact) mass is 905 g/mol. The van der Waals surface area contributed by atoms with E-state index in [9.17, 15) is 18.7 Å². The first-order valence-electron chi connectivity index (χ1n) is 21.3. The number of aromatic nitrogens is 5. The van der Waals surface area contributed by atoms with Crippen molar-refractivity contribution in [1.82, 2.24) is 24.1 Å². The van der Waals surface area contributed by atoms with E-state index < -0.39 is 25.9 Å². The van der Waals surface area contributed by atoms with Crippen molar-refractivity contribution in [3.63, 3.8) is 0 Å². The van der Waals surface area contributed by atoms with Crippen molar-refractivity contribution in [3.05, 3.63) is 98.7 Å². The molecule has 3 aromatic carbocycles. The van der Waals surface area contributed by atoms with Crippen molar-refractivity contribution in [2.75, 3.05) is 20.3 Å². The molecule has 0 amide bonds. The highest BCUT2D eigenvalue weighted by atomic mass is 35.5. The van der Waals surface area contributed by atoms with Crippen LogP contribution in [0, 0.1) is 25.5 Å². The molecule has 6 aromatic rings. The molecule has 0 radical (unpaired) electrons. The van der Waals surface area contributed by atoms with Crippen molar-refractivity contribution in [1.29, 1.82) is 0 Å². The minimum Gasteiger partial charge on any atom is -0.507 e. The van der Waals surface area contributed by atoms with Gasteiger partial charge in [0.2, 0.25) is 0 Å². The Morgan fingerprint density at radius 1 is 1.03 bits per heavy atom. The second-order valence-corrected chi connectivity index (χ2v) is 24.1. The zero-order valence-electron chi connectivity index (χ0n) is 37.3. The van der Waals surface area contributed by atoms with Gasteiger partial charge in [0, 0.05) is 87.5 Å². The maximum Gasteiger partial charge on any atom is 0.354 e. The molecule has 1 saturated heterocycles. The van der Waals surface area contributed by atoms with E-state index in [1.54, 1.807) is 23.9 Å². The lowest BCUT2D eigenvalue weighted by Gasteiger charge is -2.36. The Balaban J connectivity index is 1.17. The van der Waals surface area contributed by atoms with Gasteiger partial charge in [-0.2, -0.15) is 10.2 Å². The van der Waals surface area contributed by atoms with Crippen LogP contribution in [-0.2, 0) is 51.8 Å². The highest BCUT2D eigenvalue weighted by Crippen LogP contribution is 2.45. The van der Waals surface area contributed by atoms with Gasteiger partial charge in [-0.15, -0.1) is 11.8 Å². The van der Waals surface area contributed by atoms with Crippen LogP contribution < -0.4 is 0 Å². The molecule has 7 rings (SSSR count). The van der Waals surface area contributed by atoms with E-state index in [2.05, 4.69) is 51.4 Å². The normalized spacial score (nSPS) is 15.0. The summed E-state index contributed by atoms with van der Waals surface area (Å²) in [5.74, 6) is -1.23. The molecule has 1 atom stereocenters. The van der Waals surface area contributed by atoms with Crippen molar-refractivity contribution in [3.8, 4) is 16.9 Å². The fourth-order valence-corrected chi connectivity index (χ4v) is 10.6. The number of nitrogens with zero attached hydrogens (tertiary/aromatic N) is 5. The highest BCUT2D eigenvalue weighted by Gasteiger charge is 2.37. The van der Waals surface area contributed by atoms with E-state index >= 15 is 0 Å². The first-order valence-corrected chi connectivity index (χ1v) is 25.8. The summed E-state index contributed by atoms with van der Waals surface area (Å²) in [6.45, 7) is 17.1. The third-order valence-corrected chi connectivity index (χ3v) is 18.6. The van der Waals surface area contributed by atoms with Gasteiger partial charge in [-0.05, 0) is 124 Å². The Kier molecular flexibility index (Phi) is 13.7. The number of benzene rings is 3. The van der Waals surface area contributed by atoms with E-state index in [4.69, 9.17) is 35.7 Å². The zero-order valence-corrected chi connectivity index (χ0v) is 39.8. The van der Waals surface area contributed by atoms with Gasteiger partial charge in [-0.1, -0.05) is 32.4 Å². The quantitative estimate of drug-likeness (QED) is 0.0617. The number of methoxy groups -OCH3 is 1. The van der Waals surface area contributed by atoms with Crippen molar-refractivity contribution in [2.24, 2.45) is 7.05 Å². The highest BCUT2D eigenvalue weighted by molar-refractivity contribution is 7.97. The average molecular weight is 907 g/mol. The predicted octanol–water partition coefficient (Wildman–Crippen LogP) is 11.8. The zero-order chi connectivity index (χ0) is 44.7. The van der Waals surface area contributed by atoms with Gasteiger partial charge in [0.15, 0.2) is 20.0 Å². The maximum atomic E-state index is 14.6. The predicted molar refractivity (Wildman–Crippen MR) is 247 cm³/mol. The number of carbonyl (C=O) groups excluding carboxylic acids is 1. The minimum atomic E-state index is -1.96. The Morgan fingerprint density at radius 2 is 1.81 bits per heavy atom. The van der Waals surface area contributed by atoms with Crippen LogP contribution in [0.1, 0.15) is 97.1 Å². The summed E-state index contributed by atoms with van der Waals surface area (Å²) >= 11 is 8.94. The lowest BCUT2D eigenvalue weighted by atomic mass is 9.97. The number of halogens is 3. The first kappa shape index (κ1) is 45.8. The molecule has 15 heteroatoms. The third kappa shape index (κ3) is 9.08. The molecule has 3 aromatic heterocycles. The van der Waals surface area contributed by atoms with E-state index in [-0.39, 0.29) is 27.8 Å². The molecule has 4 heterocycles. The fourth-order valence-electron chi connectivity index (χ4n) is 8.37. The Hall–Kier alpha value is -4.21. The number of thioether (sulfide) groups is 1. The van der Waals surface area contributed by atoms with Crippen LogP contribution in [0.25, 0.3) is 32.8 Å². The number of phenolic OH excluding ortho intramolecular Hbond substituents is 1. The minimum absolute atomic E-state index is 0.0611. The molecular formula is C47H58ClF2N5O5SSi. The summed E-state index contributed by atoms with van der Waals surface area (Å²) in [7, 11) is 1.35. The molecule has 10 nitrogen and oxygen atoms in total. The van der Waals surface area contributed by atoms with Gasteiger partial charge >= 0.3 is 5.97 Å². The summed E-state index contributed by atoms with van der Waals surface area (Å²) in [4.78, 5) is 13.5. The standard InChI is InChI=1S/C47H58ClF2N5O5SSi/c1-28-41-38(54(45(28)46(57)58-7)20-12-22-60-62(8,9)47(3,4)5)19-17-35(48)43(41)42-29(2)55(40-13-10-11-21-59-40)52-37(42)27-61-26-31-25-32(53(6)51-31)15-14-30-23-34-33(39(56)24-30)16-18-36(49)44(34)50/h16-19,23-25,40,56H,10-15,20-22,26-27H2,1-9H3. The lowest BCUT2D eigenvalue weighted by molar-refractivity contribution is -0.0407. The third-order valence-electron chi connectivity index (χ3n) is 12.7. The van der Waals surface area contributed by atoms with Crippen molar-refractivity contribution >= 4 is 59.3 Å². The van der Waals surface area contributed by atoms with Gasteiger partial charge in [-0.3, -0.25) is 4.68 Å². The topological polar surface area (TPSA) is 106 Å². The Morgan fingerprint density at radius 3 is 2.52 bits per heavy atom. The van der Waals surface area contributed by atoms with Crippen LogP contribution in [0.15, 0.2) is 42.5 Å². The number of hydrogen-bond donors (Lipinski definition) is 1.